The highest BCUT2D eigenvalue weighted by molar-refractivity contribution is 4.97. The van der Waals surface area contributed by atoms with E-state index in [2.05, 4.69) is 4.90 Å². The van der Waals surface area contributed by atoms with Crippen LogP contribution in [0.4, 0.5) is 0 Å². The Bertz CT molecular complexity index is 193. The van der Waals surface area contributed by atoms with Crippen molar-refractivity contribution < 1.29 is 5.11 Å². The van der Waals surface area contributed by atoms with Crippen molar-refractivity contribution in [2.75, 3.05) is 19.6 Å². The number of hydrogen-bond donors (Lipinski definition) is 1. The van der Waals surface area contributed by atoms with Gasteiger partial charge in [0.1, 0.15) is 0 Å². The van der Waals surface area contributed by atoms with Gasteiger partial charge in [-0.2, -0.15) is 0 Å². The largest absolute Gasteiger partial charge is 0.389 e. The number of likely N-dealkylation sites (tertiary alicyclic amines) is 1. The van der Waals surface area contributed by atoms with E-state index in [4.69, 9.17) is 0 Å². The van der Waals surface area contributed by atoms with Gasteiger partial charge in [-0.3, -0.25) is 4.90 Å². The third-order valence-electron chi connectivity index (χ3n) is 3.64. The molecule has 0 radical (unpaired) electrons. The van der Waals surface area contributed by atoms with Crippen molar-refractivity contribution in [1.29, 1.82) is 0 Å². The molecular weight excluding hydrogens is 174 g/mol. The summed E-state index contributed by atoms with van der Waals surface area (Å²) in [6.07, 6.45) is 7.14. The molecule has 14 heavy (non-hydrogen) atoms. The van der Waals surface area contributed by atoms with Crippen LogP contribution < -0.4 is 0 Å². The van der Waals surface area contributed by atoms with Crippen LogP contribution in [-0.2, 0) is 0 Å². The van der Waals surface area contributed by atoms with Gasteiger partial charge >= 0.3 is 0 Å². The zero-order valence-corrected chi connectivity index (χ0v) is 9.55. The van der Waals surface area contributed by atoms with Crippen LogP contribution in [0.5, 0.6) is 0 Å². The van der Waals surface area contributed by atoms with Gasteiger partial charge in [0.2, 0.25) is 0 Å². The van der Waals surface area contributed by atoms with E-state index in [1.165, 1.54) is 45.2 Å². The van der Waals surface area contributed by atoms with Crippen molar-refractivity contribution in [1.82, 2.24) is 4.90 Å². The molecule has 1 N–H and O–H groups in total. The number of hydrogen-bond acceptors (Lipinski definition) is 2. The molecular formula is C12H23NO. The minimum absolute atomic E-state index is 0.518. The van der Waals surface area contributed by atoms with Gasteiger partial charge in [-0.25, -0.2) is 0 Å². The second kappa shape index (κ2) is 3.49. The number of nitrogens with zero attached hydrogens (tertiary/aromatic N) is 1. The van der Waals surface area contributed by atoms with Crippen LogP contribution in [0.25, 0.3) is 0 Å². The molecule has 2 heteroatoms. The average Bonchev–Trinajstić information content (AvgIpc) is 2.00. The summed E-state index contributed by atoms with van der Waals surface area (Å²) >= 11 is 0. The third kappa shape index (κ3) is 2.29. The molecule has 0 bridgehead atoms. The summed E-state index contributed by atoms with van der Waals surface area (Å²) in [5.41, 5.74) is 0.139. The van der Waals surface area contributed by atoms with Crippen LogP contribution in [0.3, 0.4) is 0 Å². The molecule has 0 aromatic rings. The van der Waals surface area contributed by atoms with Gasteiger partial charge in [-0.15, -0.1) is 0 Å². The Kier molecular flexibility index (Phi) is 2.61. The summed E-state index contributed by atoms with van der Waals surface area (Å²) in [4.78, 5) is 2.41. The molecule has 0 aromatic heterocycles. The fourth-order valence-corrected chi connectivity index (χ4v) is 3.18. The van der Waals surface area contributed by atoms with Gasteiger partial charge in [-0.1, -0.05) is 19.3 Å². The monoisotopic (exact) mass is 197 g/mol. The maximum Gasteiger partial charge on any atom is 0.0718 e. The summed E-state index contributed by atoms with van der Waals surface area (Å²) < 4.78 is 0. The summed E-state index contributed by atoms with van der Waals surface area (Å²) in [5, 5.41) is 9.70. The van der Waals surface area contributed by atoms with E-state index in [1.807, 2.05) is 13.8 Å². The molecule has 1 spiro atoms. The Morgan fingerprint density at radius 3 is 2.21 bits per heavy atom. The van der Waals surface area contributed by atoms with Crippen LogP contribution in [-0.4, -0.2) is 35.2 Å². The van der Waals surface area contributed by atoms with Gasteiger partial charge < -0.3 is 5.11 Å². The number of β-amino-alcohol motifs (C(OH)–C–C–N with tert-alkyl or cyclic N) is 1. The molecule has 2 aliphatic rings. The van der Waals surface area contributed by atoms with E-state index in [0.29, 0.717) is 5.41 Å². The smallest absolute Gasteiger partial charge is 0.0718 e. The predicted octanol–water partition coefficient (Wildman–Crippen LogP) is 2.02. The van der Waals surface area contributed by atoms with Gasteiger partial charge in [0.25, 0.3) is 0 Å². The van der Waals surface area contributed by atoms with Crippen molar-refractivity contribution in [2.24, 2.45) is 5.41 Å². The topological polar surface area (TPSA) is 23.5 Å². The summed E-state index contributed by atoms with van der Waals surface area (Å²) in [5.74, 6) is 0. The summed E-state index contributed by atoms with van der Waals surface area (Å²) in [6.45, 7) is 7.11. The highest BCUT2D eigenvalue weighted by atomic mass is 16.3. The van der Waals surface area contributed by atoms with E-state index in [9.17, 15) is 5.11 Å². The van der Waals surface area contributed by atoms with Crippen molar-refractivity contribution in [3.63, 3.8) is 0 Å². The Hall–Kier alpha value is -0.0800. The maximum atomic E-state index is 9.70. The third-order valence-corrected chi connectivity index (χ3v) is 3.64. The first kappa shape index (κ1) is 10.4. The van der Waals surface area contributed by atoms with E-state index in [0.717, 1.165) is 6.54 Å². The van der Waals surface area contributed by atoms with Crippen LogP contribution in [0.15, 0.2) is 0 Å². The highest BCUT2D eigenvalue weighted by Gasteiger charge is 2.44. The lowest BCUT2D eigenvalue weighted by atomic mass is 9.68. The van der Waals surface area contributed by atoms with Gasteiger partial charge in [0.05, 0.1) is 5.60 Å². The lowest BCUT2D eigenvalue weighted by Gasteiger charge is -2.53. The molecule has 1 saturated heterocycles. The first-order valence-electron chi connectivity index (χ1n) is 5.94. The molecule has 1 saturated carbocycles. The van der Waals surface area contributed by atoms with Crippen LogP contribution in [0.2, 0.25) is 0 Å². The standard InChI is InChI=1S/C12H23NO/c1-11(2,14)8-13-9-12(10-13)6-4-3-5-7-12/h14H,3-10H2,1-2H3. The maximum absolute atomic E-state index is 9.70. The minimum Gasteiger partial charge on any atom is -0.389 e. The SMILES string of the molecule is CC(C)(O)CN1CC2(CCCCC2)C1. The Morgan fingerprint density at radius 2 is 1.71 bits per heavy atom. The van der Waals surface area contributed by atoms with E-state index >= 15 is 0 Å². The average molecular weight is 197 g/mol. The van der Waals surface area contributed by atoms with Crippen LogP contribution in [0, 0.1) is 5.41 Å². The summed E-state index contributed by atoms with van der Waals surface area (Å²) in [7, 11) is 0. The van der Waals surface area contributed by atoms with Crippen molar-refractivity contribution in [3.8, 4) is 0 Å². The Morgan fingerprint density at radius 1 is 1.14 bits per heavy atom. The second-order valence-corrected chi connectivity index (χ2v) is 6.02. The zero-order valence-electron chi connectivity index (χ0n) is 9.55. The quantitative estimate of drug-likeness (QED) is 0.732. The van der Waals surface area contributed by atoms with Gasteiger partial charge in [-0.05, 0) is 32.1 Å². The van der Waals surface area contributed by atoms with E-state index < -0.39 is 5.60 Å². The minimum atomic E-state index is -0.518. The lowest BCUT2D eigenvalue weighted by molar-refractivity contribution is -0.0699. The highest BCUT2D eigenvalue weighted by Crippen LogP contribution is 2.43. The van der Waals surface area contributed by atoms with E-state index in [1.54, 1.807) is 0 Å². The molecule has 1 aliphatic heterocycles. The first-order valence-corrected chi connectivity index (χ1v) is 5.94. The lowest BCUT2D eigenvalue weighted by Crippen LogP contribution is -2.59. The second-order valence-electron chi connectivity index (χ2n) is 6.02. The normalized spacial score (nSPS) is 27.6. The van der Waals surface area contributed by atoms with Crippen LogP contribution >= 0.6 is 0 Å². The summed E-state index contributed by atoms with van der Waals surface area (Å²) in [6, 6.07) is 0. The molecule has 0 amide bonds. The van der Waals surface area contributed by atoms with Crippen molar-refractivity contribution in [3.05, 3.63) is 0 Å². The van der Waals surface area contributed by atoms with Crippen LogP contribution in [0.1, 0.15) is 46.0 Å². The predicted molar refractivity (Wildman–Crippen MR) is 58.3 cm³/mol. The molecule has 0 unspecified atom stereocenters. The van der Waals surface area contributed by atoms with Crippen molar-refractivity contribution >= 4 is 0 Å². The number of rotatable bonds is 2. The molecule has 2 nitrogen and oxygen atoms in total. The van der Waals surface area contributed by atoms with Gasteiger partial charge in [0, 0.05) is 19.6 Å². The fourth-order valence-electron chi connectivity index (χ4n) is 3.18. The first-order chi connectivity index (χ1) is 6.49. The number of aliphatic hydroxyl groups is 1. The molecule has 2 fully saturated rings. The molecule has 82 valence electrons. The van der Waals surface area contributed by atoms with Gasteiger partial charge in [0.15, 0.2) is 0 Å². The Labute approximate surface area is 87.3 Å². The van der Waals surface area contributed by atoms with E-state index in [-0.39, 0.29) is 0 Å². The molecule has 1 heterocycles. The fraction of sp³-hybridized carbons (Fsp3) is 1.00. The Balaban J connectivity index is 1.78. The van der Waals surface area contributed by atoms with Crippen molar-refractivity contribution in [2.45, 2.75) is 51.6 Å². The molecule has 0 atom stereocenters. The molecule has 1 aliphatic carbocycles. The molecule has 2 rings (SSSR count). The zero-order chi connectivity index (χ0) is 10.2. The molecule has 0 aromatic carbocycles.